The number of piperidine rings is 1. The van der Waals surface area contributed by atoms with Gasteiger partial charge < -0.3 is 10.4 Å². The average molecular weight is 445 g/mol. The number of hydrogen-bond donors (Lipinski definition) is 2. The summed E-state index contributed by atoms with van der Waals surface area (Å²) in [5, 5.41) is 12.8. The molecule has 4 fully saturated rings. The van der Waals surface area contributed by atoms with Crippen LogP contribution in [0.2, 0.25) is 0 Å². The fourth-order valence-electron chi connectivity index (χ4n) is 6.99. The Kier molecular flexibility index (Phi) is 3.80. The third-order valence-corrected chi connectivity index (χ3v) is 9.61. The SMILES string of the molecule is C[C@@]12CCC[C@H]1[C@@H]1CCC3NC(=O)C(I)(C(=O)O)C[C@]3(C)[C@@H]1CC2. The number of halogens is 1. The Balaban J connectivity index is 1.68. The highest BCUT2D eigenvalue weighted by Crippen LogP contribution is 2.64. The Morgan fingerprint density at radius 1 is 1.17 bits per heavy atom. The van der Waals surface area contributed by atoms with E-state index in [1.165, 1.54) is 38.5 Å². The van der Waals surface area contributed by atoms with Crippen LogP contribution in [0.5, 0.6) is 0 Å². The predicted octanol–water partition coefficient (Wildman–Crippen LogP) is 3.77. The first kappa shape index (κ1) is 17.1. The Bertz CT molecular complexity index is 595. The van der Waals surface area contributed by atoms with Crippen molar-refractivity contribution in [3.63, 3.8) is 0 Å². The zero-order chi connectivity index (χ0) is 17.3. The molecule has 3 saturated carbocycles. The standard InChI is InChI=1S/C19H28INO3/c1-17-8-3-4-12(17)11-5-6-14-18(2,13(11)7-9-17)10-19(20,16(23)24)15(22)21-14/h11-14H,3-10H2,1-2H3,(H,21,22)(H,23,24)/t11-,12-,13+,14?,17-,18+,19?/m0/s1. The van der Waals surface area contributed by atoms with E-state index in [9.17, 15) is 14.7 Å². The van der Waals surface area contributed by atoms with Gasteiger partial charge in [-0.3, -0.25) is 9.59 Å². The summed E-state index contributed by atoms with van der Waals surface area (Å²) in [6.45, 7) is 4.75. The van der Waals surface area contributed by atoms with Gasteiger partial charge in [0.2, 0.25) is 5.91 Å². The van der Waals surface area contributed by atoms with Crippen molar-refractivity contribution in [2.75, 3.05) is 0 Å². The number of hydrogen-bond acceptors (Lipinski definition) is 2. The van der Waals surface area contributed by atoms with E-state index in [1.807, 2.05) is 22.6 Å². The van der Waals surface area contributed by atoms with Crippen molar-refractivity contribution in [2.45, 2.75) is 74.7 Å². The maximum Gasteiger partial charge on any atom is 0.329 e. The molecule has 1 aliphatic heterocycles. The third kappa shape index (κ3) is 2.15. The van der Waals surface area contributed by atoms with Gasteiger partial charge >= 0.3 is 5.97 Å². The largest absolute Gasteiger partial charge is 0.480 e. The van der Waals surface area contributed by atoms with Gasteiger partial charge in [-0.2, -0.15) is 0 Å². The fourth-order valence-corrected chi connectivity index (χ4v) is 7.97. The van der Waals surface area contributed by atoms with Crippen molar-refractivity contribution in [2.24, 2.45) is 28.6 Å². The molecule has 0 aromatic carbocycles. The number of carbonyl (C=O) groups is 2. The molecule has 2 N–H and O–H groups in total. The lowest BCUT2D eigenvalue weighted by molar-refractivity contribution is -0.154. The molecule has 3 aliphatic carbocycles. The number of rotatable bonds is 1. The first-order valence-electron chi connectivity index (χ1n) is 9.44. The van der Waals surface area contributed by atoms with Crippen LogP contribution < -0.4 is 5.32 Å². The maximum absolute atomic E-state index is 12.4. The number of alkyl halides is 1. The van der Waals surface area contributed by atoms with Crippen molar-refractivity contribution in [1.82, 2.24) is 5.32 Å². The number of carbonyl (C=O) groups excluding carboxylic acids is 1. The molecule has 0 aromatic heterocycles. The van der Waals surface area contributed by atoms with Gasteiger partial charge in [0, 0.05) is 6.04 Å². The summed E-state index contributed by atoms with van der Waals surface area (Å²) in [5.74, 6) is 0.806. The van der Waals surface area contributed by atoms with Crippen molar-refractivity contribution >= 4 is 34.5 Å². The van der Waals surface area contributed by atoms with Crippen molar-refractivity contribution in [3.05, 3.63) is 0 Å². The topological polar surface area (TPSA) is 66.4 Å². The van der Waals surface area contributed by atoms with Crippen LogP contribution in [0.15, 0.2) is 0 Å². The molecule has 1 heterocycles. The molecule has 4 aliphatic rings. The van der Waals surface area contributed by atoms with E-state index in [-0.39, 0.29) is 17.4 Å². The van der Waals surface area contributed by atoms with E-state index < -0.39 is 9.39 Å². The average Bonchev–Trinajstić information content (AvgIpc) is 2.90. The van der Waals surface area contributed by atoms with Crippen molar-refractivity contribution in [1.29, 1.82) is 0 Å². The Morgan fingerprint density at radius 2 is 1.92 bits per heavy atom. The lowest BCUT2D eigenvalue weighted by atomic mass is 9.47. The highest BCUT2D eigenvalue weighted by Gasteiger charge is 2.63. The minimum atomic E-state index is -1.30. The lowest BCUT2D eigenvalue weighted by Gasteiger charge is -2.61. The predicted molar refractivity (Wildman–Crippen MR) is 99.9 cm³/mol. The van der Waals surface area contributed by atoms with E-state index in [0.29, 0.717) is 17.8 Å². The molecule has 1 amide bonds. The highest BCUT2D eigenvalue weighted by molar-refractivity contribution is 14.1. The molecule has 0 aromatic rings. The second-order valence-corrected chi connectivity index (χ2v) is 11.2. The molecule has 0 bridgehead atoms. The molecule has 4 rings (SSSR count). The number of fused-ring (bicyclic) bond motifs is 5. The molecular formula is C19H28INO3. The van der Waals surface area contributed by atoms with Crippen LogP contribution in [0, 0.1) is 28.6 Å². The minimum absolute atomic E-state index is 0.0830. The van der Waals surface area contributed by atoms with Crippen LogP contribution in [-0.2, 0) is 9.59 Å². The van der Waals surface area contributed by atoms with Gasteiger partial charge in [-0.05, 0) is 73.5 Å². The molecule has 134 valence electrons. The van der Waals surface area contributed by atoms with E-state index in [4.69, 9.17) is 0 Å². The summed E-state index contributed by atoms with van der Waals surface area (Å²) >= 11 is 1.89. The molecule has 7 atom stereocenters. The van der Waals surface area contributed by atoms with Crippen molar-refractivity contribution < 1.29 is 14.7 Å². The molecule has 4 nitrogen and oxygen atoms in total. The number of amides is 1. The molecule has 2 unspecified atom stereocenters. The lowest BCUT2D eigenvalue weighted by Crippen LogP contribution is -2.68. The smallest absolute Gasteiger partial charge is 0.329 e. The number of aliphatic carboxylic acids is 1. The summed E-state index contributed by atoms with van der Waals surface area (Å²) in [6, 6.07) is 0.152. The zero-order valence-corrected chi connectivity index (χ0v) is 16.8. The fraction of sp³-hybridized carbons (Fsp3) is 0.895. The second kappa shape index (κ2) is 5.34. The van der Waals surface area contributed by atoms with Crippen LogP contribution in [-0.4, -0.2) is 26.4 Å². The number of nitrogens with one attached hydrogen (secondary N) is 1. The van der Waals surface area contributed by atoms with E-state index >= 15 is 0 Å². The first-order chi connectivity index (χ1) is 11.2. The van der Waals surface area contributed by atoms with Gasteiger partial charge in [-0.15, -0.1) is 0 Å². The van der Waals surface area contributed by atoms with E-state index in [2.05, 4.69) is 19.2 Å². The van der Waals surface area contributed by atoms with Gasteiger partial charge in [-0.25, -0.2) is 0 Å². The first-order valence-corrected chi connectivity index (χ1v) is 10.5. The third-order valence-electron chi connectivity index (χ3n) is 8.28. The number of carboxylic acids is 1. The number of carboxylic acid groups (broad SMARTS) is 1. The van der Waals surface area contributed by atoms with Gasteiger partial charge in [0.15, 0.2) is 3.42 Å². The van der Waals surface area contributed by atoms with Crippen LogP contribution in [0.3, 0.4) is 0 Å². The van der Waals surface area contributed by atoms with Gasteiger partial charge in [0.05, 0.1) is 0 Å². The summed E-state index contributed by atoms with van der Waals surface area (Å²) in [4.78, 5) is 24.3. The molecule has 1 saturated heterocycles. The monoisotopic (exact) mass is 445 g/mol. The van der Waals surface area contributed by atoms with Crippen LogP contribution >= 0.6 is 22.6 Å². The summed E-state index contributed by atoms with van der Waals surface area (Å²) in [5.41, 5.74) is 0.427. The quantitative estimate of drug-likeness (QED) is 0.367. The second-order valence-electron chi connectivity index (χ2n) is 9.35. The molecule has 5 heteroatoms. The summed E-state index contributed by atoms with van der Waals surface area (Å²) in [6.07, 6.45) is 9.24. The molecule has 0 radical (unpaired) electrons. The van der Waals surface area contributed by atoms with E-state index in [0.717, 1.165) is 18.3 Å². The van der Waals surface area contributed by atoms with Gasteiger partial charge in [0.1, 0.15) is 0 Å². The van der Waals surface area contributed by atoms with E-state index in [1.54, 1.807) is 0 Å². The normalized spacial score (nSPS) is 53.5. The van der Waals surface area contributed by atoms with Gasteiger partial charge in [0.25, 0.3) is 0 Å². The molecule has 0 spiro atoms. The highest BCUT2D eigenvalue weighted by atomic mass is 127. The van der Waals surface area contributed by atoms with Crippen molar-refractivity contribution in [3.8, 4) is 0 Å². The zero-order valence-electron chi connectivity index (χ0n) is 14.6. The van der Waals surface area contributed by atoms with Crippen LogP contribution in [0.1, 0.15) is 65.2 Å². The molecular weight excluding hydrogens is 417 g/mol. The Labute approximate surface area is 157 Å². The maximum atomic E-state index is 12.4. The van der Waals surface area contributed by atoms with Crippen LogP contribution in [0.4, 0.5) is 0 Å². The van der Waals surface area contributed by atoms with Crippen LogP contribution in [0.25, 0.3) is 0 Å². The summed E-state index contributed by atoms with van der Waals surface area (Å²) in [7, 11) is 0. The Hall–Kier alpha value is -0.330. The minimum Gasteiger partial charge on any atom is -0.480 e. The Morgan fingerprint density at radius 3 is 2.62 bits per heavy atom. The molecule has 24 heavy (non-hydrogen) atoms. The summed E-state index contributed by atoms with van der Waals surface area (Å²) < 4.78 is -1.30. The van der Waals surface area contributed by atoms with Gasteiger partial charge in [-0.1, -0.05) is 42.9 Å².